The van der Waals surface area contributed by atoms with Gasteiger partial charge >= 0.3 is 0 Å². The number of nitrogens with one attached hydrogen (secondary N) is 1. The van der Waals surface area contributed by atoms with E-state index < -0.39 is 0 Å². The van der Waals surface area contributed by atoms with Gasteiger partial charge in [0.2, 0.25) is 5.91 Å². The van der Waals surface area contributed by atoms with Crippen molar-refractivity contribution in [3.8, 4) is 0 Å². The Kier molecular flexibility index (Phi) is 4.95. The standard InChI is InChI=1S/C13H26N2O2/c1-5-13(2,3)14-12(17)9-15(4)8-10-6-11(16)7-10/h10-11,16H,5-9H2,1-4H3,(H,14,17). The molecule has 1 aliphatic rings. The van der Waals surface area contributed by atoms with E-state index in [4.69, 9.17) is 0 Å². The van der Waals surface area contributed by atoms with Crippen LogP contribution in [0.3, 0.4) is 0 Å². The first-order valence-corrected chi connectivity index (χ1v) is 6.50. The van der Waals surface area contributed by atoms with Crippen LogP contribution in [-0.4, -0.2) is 47.7 Å². The summed E-state index contributed by atoms with van der Waals surface area (Å²) in [5.74, 6) is 0.640. The predicted molar refractivity (Wildman–Crippen MR) is 68.7 cm³/mol. The maximum atomic E-state index is 11.8. The van der Waals surface area contributed by atoms with Crippen LogP contribution in [0.15, 0.2) is 0 Å². The van der Waals surface area contributed by atoms with Crippen LogP contribution < -0.4 is 5.32 Å². The van der Waals surface area contributed by atoms with Crippen LogP contribution in [0.5, 0.6) is 0 Å². The molecule has 1 aliphatic carbocycles. The zero-order valence-corrected chi connectivity index (χ0v) is 11.5. The number of aliphatic hydroxyl groups excluding tert-OH is 1. The van der Waals surface area contributed by atoms with Crippen molar-refractivity contribution in [1.82, 2.24) is 10.2 Å². The van der Waals surface area contributed by atoms with Gasteiger partial charge in [-0.1, -0.05) is 6.92 Å². The molecule has 0 saturated heterocycles. The largest absolute Gasteiger partial charge is 0.393 e. The molecule has 0 radical (unpaired) electrons. The third-order valence-electron chi connectivity index (χ3n) is 3.56. The normalized spacial score (nSPS) is 24.6. The molecule has 1 saturated carbocycles. The van der Waals surface area contributed by atoms with Crippen LogP contribution in [0.1, 0.15) is 40.0 Å². The van der Waals surface area contributed by atoms with Gasteiger partial charge in [0.25, 0.3) is 0 Å². The van der Waals surface area contributed by atoms with Gasteiger partial charge in [-0.3, -0.25) is 9.69 Å². The summed E-state index contributed by atoms with van der Waals surface area (Å²) >= 11 is 0. The van der Waals surface area contributed by atoms with E-state index in [1.54, 1.807) is 0 Å². The lowest BCUT2D eigenvalue weighted by Crippen LogP contribution is -2.48. The molecule has 1 amide bonds. The predicted octanol–water partition coefficient (Wildman–Crippen LogP) is 0.994. The summed E-state index contributed by atoms with van der Waals surface area (Å²) in [4.78, 5) is 13.8. The number of rotatable bonds is 6. The van der Waals surface area contributed by atoms with Crippen LogP contribution in [0, 0.1) is 5.92 Å². The van der Waals surface area contributed by atoms with Crippen molar-refractivity contribution in [1.29, 1.82) is 0 Å². The number of hydrogen-bond acceptors (Lipinski definition) is 3. The summed E-state index contributed by atoms with van der Waals surface area (Å²) in [5.41, 5.74) is -0.120. The molecule has 0 atom stereocenters. The molecule has 17 heavy (non-hydrogen) atoms. The highest BCUT2D eigenvalue weighted by molar-refractivity contribution is 5.78. The lowest BCUT2D eigenvalue weighted by molar-refractivity contribution is -0.123. The Bertz CT molecular complexity index is 260. The molecule has 4 nitrogen and oxygen atoms in total. The number of carbonyl (C=O) groups excluding carboxylic acids is 1. The Morgan fingerprint density at radius 2 is 2.06 bits per heavy atom. The molecular formula is C13H26N2O2. The number of nitrogens with zero attached hydrogens (tertiary/aromatic N) is 1. The fourth-order valence-corrected chi connectivity index (χ4v) is 2.11. The van der Waals surface area contributed by atoms with Gasteiger partial charge in [-0.25, -0.2) is 0 Å². The maximum absolute atomic E-state index is 11.8. The molecule has 1 fully saturated rings. The molecule has 0 bridgehead atoms. The highest BCUT2D eigenvalue weighted by Gasteiger charge is 2.28. The van der Waals surface area contributed by atoms with Crippen molar-refractivity contribution >= 4 is 5.91 Å². The molecule has 0 aromatic rings. The number of likely N-dealkylation sites (N-methyl/N-ethyl adjacent to an activating group) is 1. The first-order valence-electron chi connectivity index (χ1n) is 6.50. The summed E-state index contributed by atoms with van der Waals surface area (Å²) < 4.78 is 0. The molecule has 0 aromatic carbocycles. The van der Waals surface area contributed by atoms with E-state index in [0.717, 1.165) is 25.8 Å². The highest BCUT2D eigenvalue weighted by atomic mass is 16.3. The Balaban J connectivity index is 2.21. The quantitative estimate of drug-likeness (QED) is 0.730. The molecule has 100 valence electrons. The molecule has 0 aliphatic heterocycles. The lowest BCUT2D eigenvalue weighted by Gasteiger charge is -2.34. The van der Waals surface area contributed by atoms with Crippen molar-refractivity contribution in [3.05, 3.63) is 0 Å². The number of amides is 1. The summed E-state index contributed by atoms with van der Waals surface area (Å²) in [6.45, 7) is 7.48. The van der Waals surface area contributed by atoms with Crippen molar-refractivity contribution < 1.29 is 9.90 Å². The highest BCUT2D eigenvalue weighted by Crippen LogP contribution is 2.27. The fraction of sp³-hybridized carbons (Fsp3) is 0.923. The summed E-state index contributed by atoms with van der Waals surface area (Å²) in [6, 6.07) is 0. The fourth-order valence-electron chi connectivity index (χ4n) is 2.11. The van der Waals surface area contributed by atoms with Gasteiger partial charge in [-0.05, 0) is 46.1 Å². The van der Waals surface area contributed by atoms with Crippen molar-refractivity contribution in [3.63, 3.8) is 0 Å². The Hall–Kier alpha value is -0.610. The first-order chi connectivity index (χ1) is 7.82. The second-order valence-electron chi connectivity index (χ2n) is 5.97. The van der Waals surface area contributed by atoms with Crippen LogP contribution >= 0.6 is 0 Å². The van der Waals surface area contributed by atoms with Crippen LogP contribution in [0.4, 0.5) is 0 Å². The Morgan fingerprint density at radius 3 is 2.53 bits per heavy atom. The molecular weight excluding hydrogens is 216 g/mol. The Morgan fingerprint density at radius 1 is 1.47 bits per heavy atom. The third-order valence-corrected chi connectivity index (χ3v) is 3.56. The molecule has 0 spiro atoms. The van der Waals surface area contributed by atoms with E-state index in [2.05, 4.69) is 12.2 Å². The van der Waals surface area contributed by atoms with Gasteiger partial charge in [0.15, 0.2) is 0 Å². The zero-order chi connectivity index (χ0) is 13.1. The Labute approximate surface area is 104 Å². The number of carbonyl (C=O) groups is 1. The van der Waals surface area contributed by atoms with E-state index in [0.29, 0.717) is 12.5 Å². The molecule has 1 rings (SSSR count). The van der Waals surface area contributed by atoms with Crippen LogP contribution in [0.25, 0.3) is 0 Å². The summed E-state index contributed by atoms with van der Waals surface area (Å²) in [5, 5.41) is 12.2. The van der Waals surface area contributed by atoms with Crippen LogP contribution in [-0.2, 0) is 4.79 Å². The topological polar surface area (TPSA) is 52.6 Å². The van der Waals surface area contributed by atoms with Gasteiger partial charge in [0.1, 0.15) is 0 Å². The molecule has 4 heteroatoms. The number of hydrogen-bond donors (Lipinski definition) is 2. The maximum Gasteiger partial charge on any atom is 0.234 e. The van der Waals surface area contributed by atoms with E-state index in [9.17, 15) is 9.90 Å². The second kappa shape index (κ2) is 5.83. The monoisotopic (exact) mass is 242 g/mol. The zero-order valence-electron chi connectivity index (χ0n) is 11.5. The molecule has 0 unspecified atom stereocenters. The molecule has 0 heterocycles. The van der Waals surface area contributed by atoms with Crippen molar-refractivity contribution in [2.75, 3.05) is 20.1 Å². The van der Waals surface area contributed by atoms with Crippen molar-refractivity contribution in [2.24, 2.45) is 5.92 Å². The van der Waals surface area contributed by atoms with Crippen molar-refractivity contribution in [2.45, 2.75) is 51.7 Å². The van der Waals surface area contributed by atoms with Gasteiger partial charge in [-0.15, -0.1) is 0 Å². The molecule has 2 N–H and O–H groups in total. The van der Waals surface area contributed by atoms with Gasteiger partial charge in [0, 0.05) is 12.1 Å². The minimum Gasteiger partial charge on any atom is -0.393 e. The van der Waals surface area contributed by atoms with E-state index >= 15 is 0 Å². The first kappa shape index (κ1) is 14.5. The van der Waals surface area contributed by atoms with E-state index in [1.807, 2.05) is 25.8 Å². The van der Waals surface area contributed by atoms with Gasteiger partial charge in [-0.2, -0.15) is 0 Å². The summed E-state index contributed by atoms with van der Waals surface area (Å²) in [6.07, 6.45) is 2.58. The van der Waals surface area contributed by atoms with Gasteiger partial charge < -0.3 is 10.4 Å². The van der Waals surface area contributed by atoms with E-state index in [-0.39, 0.29) is 17.6 Å². The minimum atomic E-state index is -0.120. The van der Waals surface area contributed by atoms with E-state index in [1.165, 1.54) is 0 Å². The SMILES string of the molecule is CCC(C)(C)NC(=O)CN(C)CC1CC(O)C1. The van der Waals surface area contributed by atoms with Gasteiger partial charge in [0.05, 0.1) is 12.6 Å². The minimum absolute atomic E-state index is 0.0826. The lowest BCUT2D eigenvalue weighted by atomic mass is 9.82. The second-order valence-corrected chi connectivity index (χ2v) is 5.97. The molecule has 0 aromatic heterocycles. The third kappa shape index (κ3) is 5.04. The summed E-state index contributed by atoms with van der Waals surface area (Å²) in [7, 11) is 1.96. The smallest absolute Gasteiger partial charge is 0.234 e. The van der Waals surface area contributed by atoms with Crippen LogP contribution in [0.2, 0.25) is 0 Å². The average Bonchev–Trinajstić information content (AvgIpc) is 2.14. The number of aliphatic hydroxyl groups is 1. The average molecular weight is 242 g/mol.